The van der Waals surface area contributed by atoms with Gasteiger partial charge in [0, 0.05) is 28.5 Å². The Labute approximate surface area is 188 Å². The molecule has 2 aromatic carbocycles. The molecule has 0 bridgehead atoms. The maximum Gasteiger partial charge on any atom is 0.276 e. The summed E-state index contributed by atoms with van der Waals surface area (Å²) in [6.45, 7) is 2.14. The van der Waals surface area contributed by atoms with Crippen molar-refractivity contribution in [2.75, 3.05) is 7.11 Å². The van der Waals surface area contributed by atoms with E-state index in [2.05, 4.69) is 10.1 Å². The van der Waals surface area contributed by atoms with Gasteiger partial charge in [-0.05, 0) is 49.4 Å². The number of fused-ring (bicyclic) bond motifs is 1. The standard InChI is InChI=1S/C24H19ClN4O3/c1-15-21(26-23(32-15)17-5-9-19(31-2)10-6-17)14-28-11-12-29-22(24(28)30)13-20(27-29)16-3-7-18(25)8-4-16/h3-13H,14H2,1-2H3. The first-order valence-electron chi connectivity index (χ1n) is 9.97. The molecule has 0 unspecified atom stereocenters. The first-order valence-corrected chi connectivity index (χ1v) is 10.3. The molecule has 0 aliphatic rings. The highest BCUT2D eigenvalue weighted by atomic mass is 35.5. The second-order valence-corrected chi connectivity index (χ2v) is 7.78. The third-order valence-electron chi connectivity index (χ3n) is 5.29. The van der Waals surface area contributed by atoms with Crippen LogP contribution in [0.25, 0.3) is 28.2 Å². The van der Waals surface area contributed by atoms with Crippen LogP contribution in [0.15, 0.2) is 76.2 Å². The quantitative estimate of drug-likeness (QED) is 0.386. The first-order chi connectivity index (χ1) is 15.5. The molecule has 8 heteroatoms. The molecule has 0 saturated carbocycles. The van der Waals surface area contributed by atoms with E-state index in [4.69, 9.17) is 20.8 Å². The van der Waals surface area contributed by atoms with E-state index in [1.165, 1.54) is 0 Å². The summed E-state index contributed by atoms with van der Waals surface area (Å²) in [6.07, 6.45) is 3.46. The summed E-state index contributed by atoms with van der Waals surface area (Å²) in [5, 5.41) is 5.16. The van der Waals surface area contributed by atoms with Crippen molar-refractivity contribution in [3.8, 4) is 28.5 Å². The third kappa shape index (κ3) is 3.67. The van der Waals surface area contributed by atoms with Crippen LogP contribution in [0, 0.1) is 6.92 Å². The van der Waals surface area contributed by atoms with Crippen LogP contribution < -0.4 is 10.3 Å². The van der Waals surface area contributed by atoms with Gasteiger partial charge in [0.1, 0.15) is 22.7 Å². The molecule has 3 aromatic heterocycles. The van der Waals surface area contributed by atoms with E-state index < -0.39 is 0 Å². The normalized spacial score (nSPS) is 11.2. The van der Waals surface area contributed by atoms with Gasteiger partial charge in [-0.25, -0.2) is 9.50 Å². The van der Waals surface area contributed by atoms with Crippen molar-refractivity contribution in [1.82, 2.24) is 19.2 Å². The van der Waals surface area contributed by atoms with Crippen LogP contribution in [0.3, 0.4) is 0 Å². The summed E-state index contributed by atoms with van der Waals surface area (Å²) < 4.78 is 14.2. The number of ether oxygens (including phenoxy) is 1. The molecule has 0 N–H and O–H groups in total. The van der Waals surface area contributed by atoms with Gasteiger partial charge in [-0.3, -0.25) is 4.79 Å². The van der Waals surface area contributed by atoms with E-state index in [0.29, 0.717) is 40.1 Å². The lowest BCUT2D eigenvalue weighted by Gasteiger charge is -2.04. The second-order valence-electron chi connectivity index (χ2n) is 7.35. The number of benzene rings is 2. The molecular weight excluding hydrogens is 428 g/mol. The molecule has 0 amide bonds. The lowest BCUT2D eigenvalue weighted by Crippen LogP contribution is -2.22. The summed E-state index contributed by atoms with van der Waals surface area (Å²) in [5.41, 5.74) is 3.45. The van der Waals surface area contributed by atoms with E-state index in [1.54, 1.807) is 46.8 Å². The summed E-state index contributed by atoms with van der Waals surface area (Å²) in [7, 11) is 1.62. The van der Waals surface area contributed by atoms with E-state index in [9.17, 15) is 4.79 Å². The fourth-order valence-electron chi connectivity index (χ4n) is 3.51. The van der Waals surface area contributed by atoms with Crippen LogP contribution >= 0.6 is 11.6 Å². The molecule has 5 aromatic rings. The van der Waals surface area contributed by atoms with Crippen molar-refractivity contribution in [2.24, 2.45) is 0 Å². The number of rotatable bonds is 5. The number of nitrogens with zero attached hydrogens (tertiary/aromatic N) is 4. The van der Waals surface area contributed by atoms with E-state index in [-0.39, 0.29) is 5.56 Å². The third-order valence-corrected chi connectivity index (χ3v) is 5.55. The van der Waals surface area contributed by atoms with E-state index >= 15 is 0 Å². The van der Waals surface area contributed by atoms with Crippen LogP contribution in [0.1, 0.15) is 11.5 Å². The lowest BCUT2D eigenvalue weighted by atomic mass is 10.1. The summed E-state index contributed by atoms with van der Waals surface area (Å²) in [5.74, 6) is 1.93. The number of aryl methyl sites for hydroxylation is 1. The van der Waals surface area contributed by atoms with Gasteiger partial charge in [0.05, 0.1) is 19.3 Å². The molecule has 7 nitrogen and oxygen atoms in total. The Kier molecular flexibility index (Phi) is 5.03. The Morgan fingerprint density at radius 1 is 1.03 bits per heavy atom. The Morgan fingerprint density at radius 3 is 2.47 bits per heavy atom. The van der Waals surface area contributed by atoms with Gasteiger partial charge in [-0.15, -0.1) is 0 Å². The van der Waals surface area contributed by atoms with Crippen LogP contribution in [0.2, 0.25) is 5.02 Å². The predicted octanol–water partition coefficient (Wildman–Crippen LogP) is 4.84. The number of hydrogen-bond acceptors (Lipinski definition) is 5. The summed E-state index contributed by atoms with van der Waals surface area (Å²) in [6, 6.07) is 16.6. The molecule has 0 radical (unpaired) electrons. The number of methoxy groups -OCH3 is 1. The summed E-state index contributed by atoms with van der Waals surface area (Å²) >= 11 is 5.97. The average Bonchev–Trinajstić information content (AvgIpc) is 3.40. The van der Waals surface area contributed by atoms with Gasteiger partial charge in [-0.2, -0.15) is 5.10 Å². The zero-order valence-electron chi connectivity index (χ0n) is 17.4. The highest BCUT2D eigenvalue weighted by Gasteiger charge is 2.15. The molecule has 0 fully saturated rings. The molecule has 0 aliphatic carbocycles. The molecule has 0 saturated heterocycles. The number of oxazole rings is 1. The Bertz CT molecular complexity index is 1460. The van der Waals surface area contributed by atoms with Crippen molar-refractivity contribution in [3.63, 3.8) is 0 Å². The SMILES string of the molecule is COc1ccc(-c2nc(Cn3ccn4nc(-c5ccc(Cl)cc5)cc4c3=O)c(C)o2)cc1. The van der Waals surface area contributed by atoms with Crippen LogP contribution in [0.5, 0.6) is 5.75 Å². The molecule has 3 heterocycles. The van der Waals surface area contributed by atoms with E-state index in [0.717, 1.165) is 16.9 Å². The van der Waals surface area contributed by atoms with Gasteiger partial charge in [-0.1, -0.05) is 23.7 Å². The van der Waals surface area contributed by atoms with Crippen LogP contribution in [-0.4, -0.2) is 26.3 Å². The van der Waals surface area contributed by atoms with E-state index in [1.807, 2.05) is 43.3 Å². The number of aromatic nitrogens is 4. The molecule has 0 atom stereocenters. The molecular formula is C24H19ClN4O3. The zero-order valence-corrected chi connectivity index (χ0v) is 18.2. The topological polar surface area (TPSA) is 74.6 Å². The maximum atomic E-state index is 13.1. The monoisotopic (exact) mass is 446 g/mol. The minimum atomic E-state index is -0.159. The molecule has 0 aliphatic heterocycles. The van der Waals surface area contributed by atoms with Gasteiger partial charge in [0.2, 0.25) is 5.89 Å². The molecule has 5 rings (SSSR count). The van der Waals surface area contributed by atoms with Gasteiger partial charge in [0.25, 0.3) is 5.56 Å². The minimum absolute atomic E-state index is 0.159. The highest BCUT2D eigenvalue weighted by molar-refractivity contribution is 6.30. The van der Waals surface area contributed by atoms with Crippen molar-refractivity contribution in [1.29, 1.82) is 0 Å². The van der Waals surface area contributed by atoms with Crippen molar-refractivity contribution >= 4 is 17.1 Å². The second kappa shape index (κ2) is 8.01. The van der Waals surface area contributed by atoms with Gasteiger partial charge >= 0.3 is 0 Å². The molecule has 160 valence electrons. The van der Waals surface area contributed by atoms with Gasteiger partial charge in [0.15, 0.2) is 0 Å². The zero-order chi connectivity index (χ0) is 22.2. The molecule has 32 heavy (non-hydrogen) atoms. The number of hydrogen-bond donors (Lipinski definition) is 0. The van der Waals surface area contributed by atoms with Gasteiger partial charge < -0.3 is 13.7 Å². The minimum Gasteiger partial charge on any atom is -0.497 e. The summed E-state index contributed by atoms with van der Waals surface area (Å²) in [4.78, 5) is 17.7. The number of halogens is 1. The lowest BCUT2D eigenvalue weighted by molar-refractivity contribution is 0.415. The van der Waals surface area contributed by atoms with Crippen molar-refractivity contribution in [2.45, 2.75) is 13.5 Å². The van der Waals surface area contributed by atoms with Crippen molar-refractivity contribution in [3.05, 3.63) is 93.8 Å². The largest absolute Gasteiger partial charge is 0.497 e. The van der Waals surface area contributed by atoms with Crippen LogP contribution in [-0.2, 0) is 6.54 Å². The molecule has 0 spiro atoms. The fourth-order valence-corrected chi connectivity index (χ4v) is 3.63. The Morgan fingerprint density at radius 2 is 1.75 bits per heavy atom. The smallest absolute Gasteiger partial charge is 0.276 e. The maximum absolute atomic E-state index is 13.1. The van der Waals surface area contributed by atoms with Crippen molar-refractivity contribution < 1.29 is 9.15 Å². The first kappa shape index (κ1) is 20.1. The Balaban J connectivity index is 1.46. The Hall–Kier alpha value is -3.84. The fraction of sp³-hybridized carbons (Fsp3) is 0.125. The van der Waals surface area contributed by atoms with Crippen LogP contribution in [0.4, 0.5) is 0 Å². The predicted molar refractivity (Wildman–Crippen MR) is 122 cm³/mol. The average molecular weight is 447 g/mol. The highest BCUT2D eigenvalue weighted by Crippen LogP contribution is 2.25.